The lowest BCUT2D eigenvalue weighted by atomic mass is 10.0. The van der Waals surface area contributed by atoms with Gasteiger partial charge in [-0.2, -0.15) is 0 Å². The molecule has 0 saturated carbocycles. The van der Waals surface area contributed by atoms with Crippen molar-refractivity contribution in [1.29, 1.82) is 0 Å². The first-order chi connectivity index (χ1) is 5.94. The van der Waals surface area contributed by atoms with Gasteiger partial charge in [-0.25, -0.2) is 0 Å². The van der Waals surface area contributed by atoms with E-state index in [0.29, 0.717) is 12.5 Å². The highest BCUT2D eigenvalue weighted by atomic mass is 16.5. The van der Waals surface area contributed by atoms with Crippen LogP contribution in [0.2, 0.25) is 0 Å². The van der Waals surface area contributed by atoms with Crippen LogP contribution in [0, 0.1) is 11.1 Å². The van der Waals surface area contributed by atoms with Crippen molar-refractivity contribution >= 4 is 0 Å². The van der Waals surface area contributed by atoms with Crippen LogP contribution in [0.1, 0.15) is 40.5 Å². The molecule has 80 valence electrons. The lowest BCUT2D eigenvalue weighted by Gasteiger charge is -2.37. The summed E-state index contributed by atoms with van der Waals surface area (Å²) in [6, 6.07) is 0. The summed E-state index contributed by atoms with van der Waals surface area (Å²) >= 11 is 0. The summed E-state index contributed by atoms with van der Waals surface area (Å²) in [5.41, 5.74) is -0.548. The van der Waals surface area contributed by atoms with Gasteiger partial charge in [-0.05, 0) is 26.2 Å². The molecule has 0 fully saturated rings. The molecular formula is C10H23NO2. The van der Waals surface area contributed by atoms with Crippen LogP contribution in [0.25, 0.3) is 0 Å². The number of rotatable bonds is 6. The maximum absolute atomic E-state index is 11.6. The number of hydroxylamine groups is 2. The molecule has 0 bridgehead atoms. The third kappa shape index (κ3) is 4.60. The van der Waals surface area contributed by atoms with E-state index in [0.717, 1.165) is 12.8 Å². The molecule has 0 aromatic carbocycles. The topological polar surface area (TPSA) is 47.7 Å². The maximum Gasteiger partial charge on any atom is 0.115 e. The summed E-state index contributed by atoms with van der Waals surface area (Å²) in [6.07, 6.45) is 2.06. The van der Waals surface area contributed by atoms with E-state index in [1.54, 1.807) is 13.8 Å². The fraction of sp³-hybridized carbons (Fsp3) is 1.00. The summed E-state index contributed by atoms with van der Waals surface area (Å²) in [5.74, 6) is 0.610. The van der Waals surface area contributed by atoms with Gasteiger partial charge in [-0.1, -0.05) is 20.3 Å². The van der Waals surface area contributed by atoms with Gasteiger partial charge >= 0.3 is 0 Å². The van der Waals surface area contributed by atoms with Crippen molar-refractivity contribution in [2.24, 2.45) is 5.92 Å². The molecule has 3 nitrogen and oxygen atoms in total. The minimum Gasteiger partial charge on any atom is -0.634 e. The number of nitrogens with one attached hydrogen (secondary N) is 1. The second kappa shape index (κ2) is 5.58. The van der Waals surface area contributed by atoms with Gasteiger partial charge in [-0.3, -0.25) is 0 Å². The zero-order valence-corrected chi connectivity index (χ0v) is 9.26. The Balaban J connectivity index is 3.80. The van der Waals surface area contributed by atoms with E-state index >= 15 is 0 Å². The van der Waals surface area contributed by atoms with Gasteiger partial charge in [0, 0.05) is 0 Å². The first kappa shape index (κ1) is 12.9. The normalized spacial score (nSPS) is 17.1. The van der Waals surface area contributed by atoms with Crippen LogP contribution in [0.4, 0.5) is 0 Å². The summed E-state index contributed by atoms with van der Waals surface area (Å²) < 4.78 is 0. The molecule has 0 aliphatic rings. The smallest absolute Gasteiger partial charge is 0.115 e. The lowest BCUT2D eigenvalue weighted by molar-refractivity contribution is -0.902. The largest absolute Gasteiger partial charge is 0.634 e. The third-order valence-electron chi connectivity index (χ3n) is 2.71. The van der Waals surface area contributed by atoms with Crippen LogP contribution >= 0.6 is 0 Å². The summed E-state index contributed by atoms with van der Waals surface area (Å²) in [6.45, 7) is 8.43. The van der Waals surface area contributed by atoms with Crippen molar-refractivity contribution in [2.45, 2.75) is 46.1 Å². The second-order valence-electron chi connectivity index (χ2n) is 4.52. The van der Waals surface area contributed by atoms with Crippen LogP contribution in [-0.4, -0.2) is 23.8 Å². The van der Waals surface area contributed by atoms with Crippen molar-refractivity contribution in [2.75, 3.05) is 13.2 Å². The zero-order chi connectivity index (χ0) is 10.5. The summed E-state index contributed by atoms with van der Waals surface area (Å²) in [5, 5.41) is 20.7. The molecule has 0 aliphatic heterocycles. The van der Waals surface area contributed by atoms with Crippen LogP contribution in [0.3, 0.4) is 0 Å². The molecule has 1 unspecified atom stereocenters. The maximum atomic E-state index is 11.6. The van der Waals surface area contributed by atoms with Crippen molar-refractivity contribution in [1.82, 2.24) is 0 Å². The number of quaternary nitrogens is 1. The molecule has 0 heterocycles. The Labute approximate surface area is 81.3 Å². The molecule has 2 atom stereocenters. The van der Waals surface area contributed by atoms with Crippen molar-refractivity contribution < 1.29 is 10.2 Å². The molecule has 3 heteroatoms. The van der Waals surface area contributed by atoms with E-state index in [1.165, 1.54) is 0 Å². The van der Waals surface area contributed by atoms with E-state index in [1.807, 2.05) is 0 Å². The Bertz CT molecular complexity index is 137. The summed E-state index contributed by atoms with van der Waals surface area (Å²) in [4.78, 5) is 0. The second-order valence-corrected chi connectivity index (χ2v) is 4.52. The number of hydrogen-bond acceptors (Lipinski definition) is 2. The number of aliphatic hydroxyl groups excluding tert-OH is 1. The Hall–Kier alpha value is -0.120. The Kier molecular flexibility index (Phi) is 5.53. The molecule has 0 aromatic heterocycles. The van der Waals surface area contributed by atoms with Crippen LogP contribution in [-0.2, 0) is 0 Å². The standard InChI is InChI=1S/C10H23NO2/c1-5-9(2)6-7-11(13)10(3,4)8-12/h9,11-12H,5-8H2,1-4H3/t9-/m1/s1. The van der Waals surface area contributed by atoms with Crippen molar-refractivity contribution in [3.8, 4) is 0 Å². The first-order valence-corrected chi connectivity index (χ1v) is 5.08. The average molecular weight is 189 g/mol. The minimum atomic E-state index is -0.548. The highest BCUT2D eigenvalue weighted by molar-refractivity contribution is 4.64. The Morgan fingerprint density at radius 2 is 2.00 bits per heavy atom. The van der Waals surface area contributed by atoms with E-state index in [4.69, 9.17) is 5.11 Å². The minimum absolute atomic E-state index is 0.0493. The molecule has 0 aromatic rings. The number of aliphatic hydroxyl groups is 1. The highest BCUT2D eigenvalue weighted by Gasteiger charge is 2.23. The molecule has 0 saturated heterocycles. The molecule has 0 aliphatic carbocycles. The van der Waals surface area contributed by atoms with Gasteiger partial charge in [0.25, 0.3) is 0 Å². The predicted molar refractivity (Wildman–Crippen MR) is 54.4 cm³/mol. The quantitative estimate of drug-likeness (QED) is 0.600. The number of hydrogen-bond donors (Lipinski definition) is 2. The molecule has 2 N–H and O–H groups in total. The van der Waals surface area contributed by atoms with Crippen LogP contribution in [0.5, 0.6) is 0 Å². The van der Waals surface area contributed by atoms with Crippen molar-refractivity contribution in [3.63, 3.8) is 0 Å². The Morgan fingerprint density at radius 1 is 1.46 bits per heavy atom. The molecule has 0 radical (unpaired) electrons. The van der Waals surface area contributed by atoms with Gasteiger partial charge in [0.2, 0.25) is 0 Å². The SMILES string of the molecule is CC[C@@H](C)CC[NH+]([O-])C(C)(C)CO. The van der Waals surface area contributed by atoms with Gasteiger partial charge < -0.3 is 15.4 Å². The van der Waals surface area contributed by atoms with Crippen LogP contribution in [0.15, 0.2) is 0 Å². The third-order valence-corrected chi connectivity index (χ3v) is 2.71. The van der Waals surface area contributed by atoms with E-state index in [2.05, 4.69) is 13.8 Å². The molecule has 0 amide bonds. The summed E-state index contributed by atoms with van der Waals surface area (Å²) in [7, 11) is 0. The average Bonchev–Trinajstić information content (AvgIpc) is 2.13. The lowest BCUT2D eigenvalue weighted by Crippen LogP contribution is -3.16. The van der Waals surface area contributed by atoms with Gasteiger partial charge in [-0.15, -0.1) is 0 Å². The first-order valence-electron chi connectivity index (χ1n) is 5.08. The zero-order valence-electron chi connectivity index (χ0n) is 9.26. The van der Waals surface area contributed by atoms with E-state index in [9.17, 15) is 5.21 Å². The van der Waals surface area contributed by atoms with Gasteiger partial charge in [0.1, 0.15) is 5.54 Å². The van der Waals surface area contributed by atoms with E-state index < -0.39 is 5.54 Å². The van der Waals surface area contributed by atoms with Gasteiger partial charge in [0.05, 0.1) is 13.2 Å². The van der Waals surface area contributed by atoms with E-state index in [-0.39, 0.29) is 11.7 Å². The monoisotopic (exact) mass is 189 g/mol. The highest BCUT2D eigenvalue weighted by Crippen LogP contribution is 2.04. The van der Waals surface area contributed by atoms with Gasteiger partial charge in [0.15, 0.2) is 0 Å². The molecule has 0 spiro atoms. The molecular weight excluding hydrogens is 166 g/mol. The predicted octanol–water partition coefficient (Wildman–Crippen LogP) is 0.576. The molecule has 13 heavy (non-hydrogen) atoms. The molecule has 0 rings (SSSR count). The Morgan fingerprint density at radius 3 is 2.38 bits per heavy atom. The fourth-order valence-electron chi connectivity index (χ4n) is 1.01. The van der Waals surface area contributed by atoms with Crippen molar-refractivity contribution in [3.05, 3.63) is 5.21 Å². The van der Waals surface area contributed by atoms with Crippen LogP contribution < -0.4 is 5.06 Å². The fourth-order valence-corrected chi connectivity index (χ4v) is 1.01.